The van der Waals surface area contributed by atoms with Crippen LogP contribution in [0.4, 0.5) is 0 Å². The molecule has 0 radical (unpaired) electrons. The standard InChI is InChI=1S/C9H10N2O/c1-6-7-3-2-4-8(7)11-9(5-12)10-6/h5H,2-4H2,1H3. The molecule has 62 valence electrons. The van der Waals surface area contributed by atoms with Gasteiger partial charge in [0.25, 0.3) is 0 Å². The molecule has 1 aliphatic rings. The van der Waals surface area contributed by atoms with Crippen LogP contribution in [0.3, 0.4) is 0 Å². The Morgan fingerprint density at radius 1 is 1.33 bits per heavy atom. The van der Waals surface area contributed by atoms with E-state index < -0.39 is 0 Å². The van der Waals surface area contributed by atoms with Gasteiger partial charge in [0.05, 0.1) is 0 Å². The normalized spacial score (nSPS) is 14.4. The Bertz CT molecular complexity index is 334. The quantitative estimate of drug-likeness (QED) is 0.580. The number of aryl methyl sites for hydroxylation is 2. The molecule has 0 bridgehead atoms. The summed E-state index contributed by atoms with van der Waals surface area (Å²) in [6, 6.07) is 0. The van der Waals surface area contributed by atoms with Crippen LogP contribution in [-0.2, 0) is 12.8 Å². The van der Waals surface area contributed by atoms with Crippen LogP contribution < -0.4 is 0 Å². The van der Waals surface area contributed by atoms with Crippen molar-refractivity contribution in [3.05, 3.63) is 22.8 Å². The minimum absolute atomic E-state index is 0.327. The van der Waals surface area contributed by atoms with Gasteiger partial charge in [-0.15, -0.1) is 0 Å². The Morgan fingerprint density at radius 3 is 2.92 bits per heavy atom. The van der Waals surface area contributed by atoms with Gasteiger partial charge in [-0.3, -0.25) is 4.79 Å². The lowest BCUT2D eigenvalue weighted by atomic mass is 10.2. The number of fused-ring (bicyclic) bond motifs is 1. The van der Waals surface area contributed by atoms with Gasteiger partial charge in [0.15, 0.2) is 12.1 Å². The maximum Gasteiger partial charge on any atom is 0.193 e. The van der Waals surface area contributed by atoms with Crippen molar-refractivity contribution in [2.45, 2.75) is 26.2 Å². The number of hydrogen-bond acceptors (Lipinski definition) is 3. The van der Waals surface area contributed by atoms with Gasteiger partial charge in [-0.2, -0.15) is 0 Å². The molecule has 0 unspecified atom stereocenters. The highest BCUT2D eigenvalue weighted by Gasteiger charge is 2.16. The second kappa shape index (κ2) is 2.66. The molecule has 0 aliphatic heterocycles. The van der Waals surface area contributed by atoms with Crippen molar-refractivity contribution >= 4 is 6.29 Å². The number of hydrogen-bond donors (Lipinski definition) is 0. The van der Waals surface area contributed by atoms with E-state index in [0.717, 1.165) is 30.7 Å². The molecule has 1 aliphatic carbocycles. The highest BCUT2D eigenvalue weighted by Crippen LogP contribution is 2.21. The first-order valence-corrected chi connectivity index (χ1v) is 4.13. The second-order valence-corrected chi connectivity index (χ2v) is 3.06. The molecule has 0 fully saturated rings. The first-order chi connectivity index (χ1) is 5.81. The Morgan fingerprint density at radius 2 is 2.17 bits per heavy atom. The van der Waals surface area contributed by atoms with Crippen LogP contribution in [0, 0.1) is 6.92 Å². The van der Waals surface area contributed by atoms with E-state index >= 15 is 0 Å². The summed E-state index contributed by atoms with van der Waals surface area (Å²) in [4.78, 5) is 18.7. The summed E-state index contributed by atoms with van der Waals surface area (Å²) in [5.41, 5.74) is 3.30. The summed E-state index contributed by atoms with van der Waals surface area (Å²) in [5.74, 6) is 0.327. The first kappa shape index (κ1) is 7.40. The van der Waals surface area contributed by atoms with Gasteiger partial charge in [-0.05, 0) is 31.7 Å². The van der Waals surface area contributed by atoms with Crippen LogP contribution in [0.5, 0.6) is 0 Å². The minimum atomic E-state index is 0.327. The van der Waals surface area contributed by atoms with E-state index in [-0.39, 0.29) is 0 Å². The smallest absolute Gasteiger partial charge is 0.193 e. The Kier molecular flexibility index (Phi) is 1.64. The van der Waals surface area contributed by atoms with Crippen molar-refractivity contribution in [3.63, 3.8) is 0 Å². The van der Waals surface area contributed by atoms with E-state index in [1.165, 1.54) is 5.56 Å². The van der Waals surface area contributed by atoms with Crippen LogP contribution in [0.1, 0.15) is 34.0 Å². The van der Waals surface area contributed by atoms with Crippen molar-refractivity contribution in [2.75, 3.05) is 0 Å². The number of carbonyl (C=O) groups is 1. The lowest BCUT2D eigenvalue weighted by Crippen LogP contribution is -2.01. The summed E-state index contributed by atoms with van der Waals surface area (Å²) in [6.45, 7) is 1.94. The number of rotatable bonds is 1. The van der Waals surface area contributed by atoms with E-state index in [0.29, 0.717) is 12.1 Å². The molecule has 1 aromatic rings. The minimum Gasteiger partial charge on any atom is -0.294 e. The summed E-state index contributed by atoms with van der Waals surface area (Å²) in [7, 11) is 0. The maximum atomic E-state index is 10.4. The maximum absolute atomic E-state index is 10.4. The van der Waals surface area contributed by atoms with Crippen LogP contribution in [-0.4, -0.2) is 16.3 Å². The molecular weight excluding hydrogens is 152 g/mol. The van der Waals surface area contributed by atoms with Crippen molar-refractivity contribution in [1.29, 1.82) is 0 Å². The van der Waals surface area contributed by atoms with Crippen molar-refractivity contribution in [1.82, 2.24) is 9.97 Å². The van der Waals surface area contributed by atoms with Crippen molar-refractivity contribution in [3.8, 4) is 0 Å². The van der Waals surface area contributed by atoms with Crippen LogP contribution in [0.25, 0.3) is 0 Å². The molecule has 1 heterocycles. The summed E-state index contributed by atoms with van der Waals surface area (Å²) in [6.07, 6.45) is 3.93. The van der Waals surface area contributed by atoms with Gasteiger partial charge in [0.2, 0.25) is 0 Å². The highest BCUT2D eigenvalue weighted by molar-refractivity contribution is 5.69. The molecule has 2 rings (SSSR count). The van der Waals surface area contributed by atoms with E-state index in [1.807, 2.05) is 6.92 Å². The van der Waals surface area contributed by atoms with Crippen LogP contribution in [0.15, 0.2) is 0 Å². The average Bonchev–Trinajstić information content (AvgIpc) is 2.52. The van der Waals surface area contributed by atoms with E-state index in [1.54, 1.807) is 0 Å². The molecule has 0 amide bonds. The molecule has 0 spiro atoms. The van der Waals surface area contributed by atoms with Gasteiger partial charge in [0.1, 0.15) is 0 Å². The monoisotopic (exact) mass is 162 g/mol. The second-order valence-electron chi connectivity index (χ2n) is 3.06. The van der Waals surface area contributed by atoms with E-state index in [2.05, 4.69) is 9.97 Å². The number of aromatic nitrogens is 2. The predicted octanol–water partition coefficient (Wildman–Crippen LogP) is 1.09. The largest absolute Gasteiger partial charge is 0.294 e. The highest BCUT2D eigenvalue weighted by atomic mass is 16.1. The molecule has 0 aromatic carbocycles. The number of aldehydes is 1. The molecule has 0 N–H and O–H groups in total. The van der Waals surface area contributed by atoms with Gasteiger partial charge >= 0.3 is 0 Å². The number of carbonyl (C=O) groups excluding carboxylic acids is 1. The molecular formula is C9H10N2O. The van der Waals surface area contributed by atoms with Gasteiger partial charge < -0.3 is 0 Å². The third-order valence-electron chi connectivity index (χ3n) is 2.26. The third-order valence-corrected chi connectivity index (χ3v) is 2.26. The fourth-order valence-corrected chi connectivity index (χ4v) is 1.70. The summed E-state index contributed by atoms with van der Waals surface area (Å²) < 4.78 is 0. The third kappa shape index (κ3) is 1.02. The lowest BCUT2D eigenvalue weighted by Gasteiger charge is -2.01. The molecule has 3 heteroatoms. The van der Waals surface area contributed by atoms with Gasteiger partial charge in [0, 0.05) is 11.4 Å². The fourth-order valence-electron chi connectivity index (χ4n) is 1.70. The molecule has 0 atom stereocenters. The molecule has 0 saturated heterocycles. The molecule has 3 nitrogen and oxygen atoms in total. The zero-order valence-corrected chi connectivity index (χ0v) is 7.00. The van der Waals surface area contributed by atoms with Crippen molar-refractivity contribution < 1.29 is 4.79 Å². The predicted molar refractivity (Wildman–Crippen MR) is 44.2 cm³/mol. The lowest BCUT2D eigenvalue weighted by molar-refractivity contribution is 0.111. The van der Waals surface area contributed by atoms with Gasteiger partial charge in [-0.1, -0.05) is 0 Å². The zero-order valence-electron chi connectivity index (χ0n) is 7.00. The Hall–Kier alpha value is -1.25. The Balaban J connectivity index is 2.58. The Labute approximate surface area is 70.9 Å². The van der Waals surface area contributed by atoms with E-state index in [9.17, 15) is 4.79 Å². The van der Waals surface area contributed by atoms with Crippen LogP contribution in [0.2, 0.25) is 0 Å². The fraction of sp³-hybridized carbons (Fsp3) is 0.444. The van der Waals surface area contributed by atoms with E-state index in [4.69, 9.17) is 0 Å². The summed E-state index contributed by atoms with van der Waals surface area (Å²) in [5, 5.41) is 0. The molecule has 1 aromatic heterocycles. The zero-order chi connectivity index (χ0) is 8.55. The van der Waals surface area contributed by atoms with Crippen molar-refractivity contribution in [2.24, 2.45) is 0 Å². The summed E-state index contributed by atoms with van der Waals surface area (Å²) >= 11 is 0. The SMILES string of the molecule is Cc1nc(C=O)nc2c1CCC2. The van der Waals surface area contributed by atoms with Crippen LogP contribution >= 0.6 is 0 Å². The molecule has 12 heavy (non-hydrogen) atoms. The average molecular weight is 162 g/mol. The number of nitrogens with zero attached hydrogens (tertiary/aromatic N) is 2. The topological polar surface area (TPSA) is 42.9 Å². The first-order valence-electron chi connectivity index (χ1n) is 4.13. The molecule has 0 saturated carbocycles. The van der Waals surface area contributed by atoms with Gasteiger partial charge in [-0.25, -0.2) is 9.97 Å².